The van der Waals surface area contributed by atoms with E-state index in [9.17, 15) is 13.2 Å². The van der Waals surface area contributed by atoms with E-state index in [1.165, 1.54) is 0 Å². The van der Waals surface area contributed by atoms with Crippen molar-refractivity contribution in [1.82, 2.24) is 4.72 Å². The summed E-state index contributed by atoms with van der Waals surface area (Å²) < 4.78 is 48.5. The molecule has 2 aromatic carbocycles. The van der Waals surface area contributed by atoms with E-state index in [1.54, 1.807) is 45.0 Å². The lowest BCUT2D eigenvalue weighted by atomic mass is 9.91. The Morgan fingerprint density at radius 2 is 1.80 bits per heavy atom. The molecule has 40 heavy (non-hydrogen) atoms. The normalized spacial score (nSPS) is 24.9. The number of carbonyl (C=O) groups is 1. The summed E-state index contributed by atoms with van der Waals surface area (Å²) in [6.07, 6.45) is 2.51. The summed E-state index contributed by atoms with van der Waals surface area (Å²) in [4.78, 5) is 14.7. The van der Waals surface area contributed by atoms with Crippen LogP contribution in [0.1, 0.15) is 52.0 Å². The van der Waals surface area contributed by atoms with Gasteiger partial charge in [-0.2, -0.15) is 4.72 Å². The van der Waals surface area contributed by atoms with Gasteiger partial charge in [-0.25, -0.2) is 13.2 Å². The van der Waals surface area contributed by atoms with E-state index < -0.39 is 38.8 Å². The maximum atomic E-state index is 13.9. The molecule has 1 saturated carbocycles. The Morgan fingerprint density at radius 1 is 1.07 bits per heavy atom. The molecule has 2 heterocycles. The number of esters is 1. The van der Waals surface area contributed by atoms with E-state index in [0.29, 0.717) is 11.6 Å². The predicted octanol–water partition coefficient (Wildman–Crippen LogP) is 6.31. The molecule has 3 atom stereocenters. The lowest BCUT2D eigenvalue weighted by molar-refractivity contribution is -0.171. The Hall–Kier alpha value is -2.27. The molecule has 2 unspecified atom stereocenters. The zero-order chi connectivity index (χ0) is 28.6. The zero-order valence-electron chi connectivity index (χ0n) is 22.8. The van der Waals surface area contributed by atoms with Crippen LogP contribution in [0.2, 0.25) is 5.02 Å². The maximum absolute atomic E-state index is 13.9. The van der Waals surface area contributed by atoms with Crippen molar-refractivity contribution in [2.75, 3.05) is 13.2 Å². The Morgan fingerprint density at radius 3 is 2.45 bits per heavy atom. The molecule has 2 aliphatic rings. The third kappa shape index (κ3) is 6.00. The number of carbonyl (C=O) groups excluding carboxylic acids is 1. The molecule has 1 saturated heterocycles. The molecule has 214 valence electrons. The summed E-state index contributed by atoms with van der Waals surface area (Å²) in [6.45, 7) is 6.02. The Bertz CT molecular complexity index is 1450. The number of rotatable bonds is 9. The van der Waals surface area contributed by atoms with Crippen LogP contribution in [0.15, 0.2) is 70.9 Å². The van der Waals surface area contributed by atoms with Gasteiger partial charge in [-0.15, -0.1) is 11.3 Å². The van der Waals surface area contributed by atoms with Crippen molar-refractivity contribution in [3.05, 3.63) is 77.3 Å². The van der Waals surface area contributed by atoms with Crippen molar-refractivity contribution >= 4 is 38.9 Å². The summed E-state index contributed by atoms with van der Waals surface area (Å²) in [5.41, 5.74) is -1.70. The standard InChI is InChI=1S/C30H34ClNO6S2/c1-28(2,3)38-27(33)30(32-40(34,35)26-17-16-24(39-26)21-12-14-23(31)15-13-21)19-29(30,22-9-5-4-6-10-22)20-37-25-11-7-8-18-36-25/h4-6,9-10,12-17,25,32H,7-8,11,18-20H2,1-3H3/t25?,29-,30?/m1/s1. The largest absolute Gasteiger partial charge is 0.459 e. The highest BCUT2D eigenvalue weighted by Gasteiger charge is 2.76. The molecule has 0 spiro atoms. The first-order chi connectivity index (χ1) is 18.9. The third-order valence-electron chi connectivity index (χ3n) is 7.27. The van der Waals surface area contributed by atoms with Crippen molar-refractivity contribution < 1.29 is 27.4 Å². The van der Waals surface area contributed by atoms with Crippen LogP contribution in [0.5, 0.6) is 0 Å². The summed E-state index contributed by atoms with van der Waals surface area (Å²) in [5, 5.41) is 0.598. The van der Waals surface area contributed by atoms with Crippen LogP contribution in [-0.4, -0.2) is 45.0 Å². The van der Waals surface area contributed by atoms with E-state index in [0.717, 1.165) is 46.6 Å². The van der Waals surface area contributed by atoms with Crippen LogP contribution < -0.4 is 4.72 Å². The number of hydrogen-bond donors (Lipinski definition) is 1. The highest BCUT2D eigenvalue weighted by Crippen LogP contribution is 2.60. The Labute approximate surface area is 244 Å². The lowest BCUT2D eigenvalue weighted by Crippen LogP contribution is -2.52. The van der Waals surface area contributed by atoms with Crippen molar-refractivity contribution in [3.63, 3.8) is 0 Å². The van der Waals surface area contributed by atoms with E-state index in [1.807, 2.05) is 42.5 Å². The number of benzene rings is 2. The van der Waals surface area contributed by atoms with Gasteiger partial charge in [0.15, 0.2) is 6.29 Å². The lowest BCUT2D eigenvalue weighted by Gasteiger charge is -2.31. The minimum absolute atomic E-state index is 0.101. The number of nitrogens with one attached hydrogen (secondary N) is 1. The monoisotopic (exact) mass is 603 g/mol. The molecule has 1 aliphatic carbocycles. The first-order valence-electron chi connectivity index (χ1n) is 13.4. The number of thiophene rings is 1. The fourth-order valence-corrected chi connectivity index (χ4v) is 8.03. The second-order valence-corrected chi connectivity index (χ2v) is 14.8. The summed E-state index contributed by atoms with van der Waals surface area (Å²) in [6, 6.07) is 19.9. The number of ether oxygens (including phenoxy) is 3. The molecular formula is C30H34ClNO6S2. The third-order valence-corrected chi connectivity index (χ3v) is 10.6. The summed E-state index contributed by atoms with van der Waals surface area (Å²) >= 11 is 7.15. The number of hydrogen-bond acceptors (Lipinski definition) is 7. The van der Waals surface area contributed by atoms with E-state index in [4.69, 9.17) is 25.8 Å². The minimum Gasteiger partial charge on any atom is -0.459 e. The molecule has 1 aromatic heterocycles. The molecule has 0 radical (unpaired) electrons. The van der Waals surface area contributed by atoms with Crippen LogP contribution in [0, 0.1) is 0 Å². The molecule has 1 N–H and O–H groups in total. The first kappa shape index (κ1) is 29.2. The first-order valence-corrected chi connectivity index (χ1v) is 16.0. The molecule has 0 amide bonds. The van der Waals surface area contributed by atoms with Gasteiger partial charge in [-0.05, 0) is 81.8 Å². The van der Waals surface area contributed by atoms with E-state index in [2.05, 4.69) is 4.72 Å². The van der Waals surface area contributed by atoms with E-state index in [-0.39, 0.29) is 17.2 Å². The molecule has 10 heteroatoms. The molecule has 3 aromatic rings. The number of sulfonamides is 1. The number of halogens is 1. The second-order valence-electron chi connectivity index (χ2n) is 11.4. The SMILES string of the molecule is CC(C)(C)OC(=O)C1(NS(=O)(=O)c2ccc(-c3ccc(Cl)cc3)s2)C[C@@]1(COC1CCCCO1)c1ccccc1. The molecule has 0 bridgehead atoms. The average Bonchev–Trinajstić information content (AvgIpc) is 3.28. The Kier molecular flexibility index (Phi) is 8.18. The fraction of sp³-hybridized carbons (Fsp3) is 0.433. The molecule has 1 aliphatic heterocycles. The van der Waals surface area contributed by atoms with Crippen molar-refractivity contribution in [1.29, 1.82) is 0 Å². The van der Waals surface area contributed by atoms with Crippen LogP contribution in [0.4, 0.5) is 0 Å². The summed E-state index contributed by atoms with van der Waals surface area (Å²) in [5.74, 6) is -0.630. The Balaban J connectivity index is 1.50. The highest BCUT2D eigenvalue weighted by atomic mass is 35.5. The van der Waals surface area contributed by atoms with Gasteiger partial charge in [0.2, 0.25) is 0 Å². The highest BCUT2D eigenvalue weighted by molar-refractivity contribution is 7.91. The average molecular weight is 604 g/mol. The van der Waals surface area contributed by atoms with Gasteiger partial charge in [0, 0.05) is 16.5 Å². The van der Waals surface area contributed by atoms with Crippen molar-refractivity contribution in [3.8, 4) is 10.4 Å². The van der Waals surface area contributed by atoms with Gasteiger partial charge in [0.25, 0.3) is 10.0 Å². The smallest absolute Gasteiger partial charge is 0.328 e. The van der Waals surface area contributed by atoms with Gasteiger partial charge in [0.1, 0.15) is 15.3 Å². The van der Waals surface area contributed by atoms with Crippen LogP contribution in [0.25, 0.3) is 10.4 Å². The van der Waals surface area contributed by atoms with Gasteiger partial charge >= 0.3 is 5.97 Å². The van der Waals surface area contributed by atoms with E-state index >= 15 is 0 Å². The molecule has 2 fully saturated rings. The molecular weight excluding hydrogens is 570 g/mol. The van der Waals surface area contributed by atoms with Gasteiger partial charge in [0.05, 0.1) is 12.0 Å². The van der Waals surface area contributed by atoms with Crippen LogP contribution >= 0.6 is 22.9 Å². The molecule has 7 nitrogen and oxygen atoms in total. The zero-order valence-corrected chi connectivity index (χ0v) is 25.2. The quantitative estimate of drug-likeness (QED) is 0.288. The van der Waals surface area contributed by atoms with Gasteiger partial charge in [-0.1, -0.05) is 54.1 Å². The topological polar surface area (TPSA) is 90.9 Å². The van der Waals surface area contributed by atoms with Gasteiger partial charge < -0.3 is 14.2 Å². The van der Waals surface area contributed by atoms with Crippen LogP contribution in [0.3, 0.4) is 0 Å². The van der Waals surface area contributed by atoms with Crippen molar-refractivity contribution in [2.45, 2.75) is 73.5 Å². The van der Waals surface area contributed by atoms with Crippen LogP contribution in [-0.2, 0) is 34.4 Å². The maximum Gasteiger partial charge on any atom is 0.328 e. The minimum atomic E-state index is -4.12. The summed E-state index contributed by atoms with van der Waals surface area (Å²) in [7, 11) is -4.12. The van der Waals surface area contributed by atoms with Gasteiger partial charge in [-0.3, -0.25) is 0 Å². The predicted molar refractivity (Wildman–Crippen MR) is 156 cm³/mol. The molecule has 5 rings (SSSR count). The van der Waals surface area contributed by atoms with Crippen molar-refractivity contribution in [2.24, 2.45) is 0 Å². The second kappa shape index (κ2) is 11.2. The fourth-order valence-electron chi connectivity index (χ4n) is 5.17.